The van der Waals surface area contributed by atoms with E-state index in [1.54, 1.807) is 11.3 Å². The van der Waals surface area contributed by atoms with Crippen molar-refractivity contribution in [1.82, 2.24) is 10.3 Å². The Kier molecular flexibility index (Phi) is 4.22. The Balaban J connectivity index is 1.38. The Bertz CT molecular complexity index is 779. The van der Waals surface area contributed by atoms with Gasteiger partial charge in [0.05, 0.1) is 5.69 Å². The molecule has 23 heavy (non-hydrogen) atoms. The van der Waals surface area contributed by atoms with E-state index in [1.165, 1.54) is 34.5 Å². The van der Waals surface area contributed by atoms with Crippen LogP contribution in [-0.4, -0.2) is 11.0 Å². The second kappa shape index (κ2) is 6.65. The van der Waals surface area contributed by atoms with Crippen LogP contribution in [0.25, 0.3) is 11.3 Å². The van der Waals surface area contributed by atoms with Crippen molar-refractivity contribution in [3.63, 3.8) is 0 Å². The molecule has 1 heterocycles. The number of thiazole rings is 1. The third-order valence-electron chi connectivity index (χ3n) is 4.51. The van der Waals surface area contributed by atoms with Gasteiger partial charge in [0.25, 0.3) is 0 Å². The number of nitrogens with zero attached hydrogens (tertiary/aromatic N) is 1. The molecule has 1 aliphatic rings. The number of aromatic nitrogens is 1. The van der Waals surface area contributed by atoms with Crippen LogP contribution < -0.4 is 5.32 Å². The molecule has 3 aromatic rings. The summed E-state index contributed by atoms with van der Waals surface area (Å²) in [6, 6.07) is 19.8. The minimum Gasteiger partial charge on any atom is -0.307 e. The van der Waals surface area contributed by atoms with E-state index in [0.29, 0.717) is 6.04 Å². The largest absolute Gasteiger partial charge is 0.307 e. The molecule has 0 fully saturated rings. The van der Waals surface area contributed by atoms with Crippen molar-refractivity contribution >= 4 is 11.3 Å². The van der Waals surface area contributed by atoms with Crippen LogP contribution in [0.3, 0.4) is 0 Å². The number of aryl methyl sites for hydroxylation is 1. The van der Waals surface area contributed by atoms with Crippen molar-refractivity contribution in [3.8, 4) is 11.3 Å². The summed E-state index contributed by atoms with van der Waals surface area (Å²) >= 11 is 1.74. The normalized spacial score (nSPS) is 17.0. The Labute approximate surface area is 141 Å². The van der Waals surface area contributed by atoms with Crippen LogP contribution in [0.2, 0.25) is 0 Å². The molecule has 2 aromatic carbocycles. The second-order valence-corrected chi connectivity index (χ2v) is 7.02. The molecule has 2 nitrogen and oxygen atoms in total. The highest BCUT2D eigenvalue weighted by molar-refractivity contribution is 7.09. The summed E-state index contributed by atoms with van der Waals surface area (Å²) in [5.41, 5.74) is 5.30. The lowest BCUT2D eigenvalue weighted by molar-refractivity contribution is 0.457. The molecule has 0 saturated heterocycles. The summed E-state index contributed by atoms with van der Waals surface area (Å²) in [5, 5.41) is 7.02. The molecule has 1 atom stereocenters. The molecule has 3 heteroatoms. The van der Waals surface area contributed by atoms with Crippen LogP contribution in [0.15, 0.2) is 60.0 Å². The standard InChI is InChI=1S/C20H20N2S/c1-2-7-16(8-3-1)19-14-23-20(22-19)13-21-18-11-10-15-6-4-5-9-17(15)12-18/h1-9,14,18,21H,10-13H2/t18-/m0/s1. The molecule has 4 rings (SSSR count). The lowest BCUT2D eigenvalue weighted by Gasteiger charge is -2.25. The smallest absolute Gasteiger partial charge is 0.107 e. The van der Waals surface area contributed by atoms with Crippen LogP contribution in [0.5, 0.6) is 0 Å². The van der Waals surface area contributed by atoms with Crippen LogP contribution in [-0.2, 0) is 19.4 Å². The molecule has 0 unspecified atom stereocenters. The summed E-state index contributed by atoms with van der Waals surface area (Å²) in [5.74, 6) is 0. The van der Waals surface area contributed by atoms with Crippen LogP contribution in [0, 0.1) is 0 Å². The zero-order chi connectivity index (χ0) is 15.5. The first-order valence-electron chi connectivity index (χ1n) is 8.18. The van der Waals surface area contributed by atoms with Gasteiger partial charge in [0.1, 0.15) is 5.01 Å². The Hall–Kier alpha value is -1.97. The highest BCUT2D eigenvalue weighted by Crippen LogP contribution is 2.23. The first-order chi connectivity index (χ1) is 11.4. The van der Waals surface area contributed by atoms with Crippen molar-refractivity contribution in [2.45, 2.75) is 31.8 Å². The first-order valence-corrected chi connectivity index (χ1v) is 9.06. The van der Waals surface area contributed by atoms with Gasteiger partial charge in [-0.1, -0.05) is 54.6 Å². The fraction of sp³-hybridized carbons (Fsp3) is 0.250. The van der Waals surface area contributed by atoms with Crippen LogP contribution in [0.4, 0.5) is 0 Å². The first kappa shape index (κ1) is 14.6. The van der Waals surface area contributed by atoms with Crippen molar-refractivity contribution in [1.29, 1.82) is 0 Å². The van der Waals surface area contributed by atoms with Gasteiger partial charge >= 0.3 is 0 Å². The van der Waals surface area contributed by atoms with Gasteiger partial charge in [0.2, 0.25) is 0 Å². The molecule has 0 amide bonds. The van der Waals surface area contributed by atoms with Crippen molar-refractivity contribution in [3.05, 3.63) is 76.1 Å². The van der Waals surface area contributed by atoms with Gasteiger partial charge in [-0.05, 0) is 30.4 Å². The Morgan fingerprint density at radius 1 is 1.00 bits per heavy atom. The molecule has 1 N–H and O–H groups in total. The summed E-state index contributed by atoms with van der Waals surface area (Å²) in [6.45, 7) is 0.865. The molecule has 0 saturated carbocycles. The van der Waals surface area contributed by atoms with E-state index in [1.807, 2.05) is 6.07 Å². The summed E-state index contributed by atoms with van der Waals surface area (Å²) in [6.07, 6.45) is 3.53. The third kappa shape index (κ3) is 3.36. The topological polar surface area (TPSA) is 24.9 Å². The molecule has 0 spiro atoms. The van der Waals surface area contributed by atoms with Gasteiger partial charge in [-0.2, -0.15) is 0 Å². The van der Waals surface area contributed by atoms with Gasteiger partial charge in [-0.25, -0.2) is 4.98 Å². The number of hydrogen-bond donors (Lipinski definition) is 1. The highest BCUT2D eigenvalue weighted by Gasteiger charge is 2.18. The SMILES string of the molecule is c1ccc(-c2csc(CN[C@H]3CCc4ccccc4C3)n2)cc1. The van der Waals surface area contributed by atoms with Gasteiger partial charge in [-0.3, -0.25) is 0 Å². The summed E-state index contributed by atoms with van der Waals surface area (Å²) in [4.78, 5) is 4.77. The maximum absolute atomic E-state index is 4.77. The maximum Gasteiger partial charge on any atom is 0.107 e. The molecule has 116 valence electrons. The lowest BCUT2D eigenvalue weighted by atomic mass is 9.88. The van der Waals surface area contributed by atoms with Gasteiger partial charge < -0.3 is 5.32 Å². The Morgan fingerprint density at radius 2 is 1.78 bits per heavy atom. The molecular formula is C20H20N2S. The van der Waals surface area contributed by atoms with E-state index in [0.717, 1.165) is 18.7 Å². The zero-order valence-corrected chi connectivity index (χ0v) is 13.9. The monoisotopic (exact) mass is 320 g/mol. The van der Waals surface area contributed by atoms with E-state index in [-0.39, 0.29) is 0 Å². The van der Waals surface area contributed by atoms with E-state index in [2.05, 4.69) is 59.2 Å². The number of fused-ring (bicyclic) bond motifs is 1. The Morgan fingerprint density at radius 3 is 2.65 bits per heavy atom. The summed E-state index contributed by atoms with van der Waals surface area (Å²) in [7, 11) is 0. The lowest BCUT2D eigenvalue weighted by Crippen LogP contribution is -2.34. The quantitative estimate of drug-likeness (QED) is 0.768. The number of nitrogens with one attached hydrogen (secondary N) is 1. The molecule has 1 aromatic heterocycles. The van der Waals surface area contributed by atoms with Crippen LogP contribution >= 0.6 is 11.3 Å². The molecule has 0 bridgehead atoms. The van der Waals surface area contributed by atoms with Gasteiger partial charge in [0.15, 0.2) is 0 Å². The van der Waals surface area contributed by atoms with Gasteiger partial charge in [-0.15, -0.1) is 11.3 Å². The molecule has 1 aliphatic carbocycles. The highest BCUT2D eigenvalue weighted by atomic mass is 32.1. The fourth-order valence-corrected chi connectivity index (χ4v) is 3.99. The second-order valence-electron chi connectivity index (χ2n) is 6.08. The zero-order valence-electron chi connectivity index (χ0n) is 13.0. The van der Waals surface area contributed by atoms with Crippen molar-refractivity contribution < 1.29 is 0 Å². The van der Waals surface area contributed by atoms with Gasteiger partial charge in [0, 0.05) is 23.5 Å². The van der Waals surface area contributed by atoms with Crippen molar-refractivity contribution in [2.24, 2.45) is 0 Å². The third-order valence-corrected chi connectivity index (χ3v) is 5.36. The maximum atomic E-state index is 4.77. The number of rotatable bonds is 4. The van der Waals surface area contributed by atoms with Crippen molar-refractivity contribution in [2.75, 3.05) is 0 Å². The van der Waals surface area contributed by atoms with E-state index in [4.69, 9.17) is 4.98 Å². The minimum absolute atomic E-state index is 0.564. The molecular weight excluding hydrogens is 300 g/mol. The molecule has 0 aliphatic heterocycles. The van der Waals surface area contributed by atoms with E-state index < -0.39 is 0 Å². The predicted octanol–water partition coefficient (Wildman–Crippen LogP) is 4.46. The molecule has 0 radical (unpaired) electrons. The van der Waals surface area contributed by atoms with Crippen LogP contribution in [0.1, 0.15) is 22.6 Å². The summed E-state index contributed by atoms with van der Waals surface area (Å²) < 4.78 is 0. The van der Waals surface area contributed by atoms with E-state index >= 15 is 0 Å². The number of benzene rings is 2. The van der Waals surface area contributed by atoms with E-state index in [9.17, 15) is 0 Å². The predicted molar refractivity (Wildman–Crippen MR) is 96.6 cm³/mol. The number of hydrogen-bond acceptors (Lipinski definition) is 3. The minimum atomic E-state index is 0.564. The fourth-order valence-electron chi connectivity index (χ4n) is 3.24. The average Bonchev–Trinajstić information content (AvgIpc) is 3.10. The average molecular weight is 320 g/mol.